The Labute approximate surface area is 117 Å². The van der Waals surface area contributed by atoms with E-state index in [0.717, 1.165) is 30.0 Å². The summed E-state index contributed by atoms with van der Waals surface area (Å²) in [6.07, 6.45) is 1.90. The van der Waals surface area contributed by atoms with Gasteiger partial charge in [0.2, 0.25) is 5.91 Å². The van der Waals surface area contributed by atoms with E-state index >= 15 is 0 Å². The van der Waals surface area contributed by atoms with Crippen LogP contribution in [0, 0.1) is 0 Å². The van der Waals surface area contributed by atoms with Gasteiger partial charge in [-0.25, -0.2) is 0 Å². The maximum Gasteiger partial charge on any atom is 0.233 e. The maximum absolute atomic E-state index is 12.1. The SMILES string of the molecule is COc1ccc(SCC(=O)N2CCC[C@H]2CO)cc1. The number of aliphatic hydroxyl groups excluding tert-OH is 1. The highest BCUT2D eigenvalue weighted by Crippen LogP contribution is 2.23. The molecule has 0 aromatic heterocycles. The smallest absolute Gasteiger partial charge is 0.233 e. The molecule has 1 fully saturated rings. The molecule has 1 atom stereocenters. The third kappa shape index (κ3) is 3.64. The molecular formula is C14H19NO3S. The molecule has 1 aromatic rings. The van der Waals surface area contributed by atoms with Crippen molar-refractivity contribution in [2.75, 3.05) is 26.0 Å². The van der Waals surface area contributed by atoms with Gasteiger partial charge in [-0.1, -0.05) is 0 Å². The minimum atomic E-state index is 0.0176. The van der Waals surface area contributed by atoms with E-state index in [1.165, 1.54) is 11.8 Å². The first-order valence-corrected chi connectivity index (χ1v) is 7.40. The summed E-state index contributed by atoms with van der Waals surface area (Å²) >= 11 is 1.52. The number of methoxy groups -OCH3 is 1. The van der Waals surface area contributed by atoms with Crippen molar-refractivity contribution in [3.8, 4) is 5.75 Å². The van der Waals surface area contributed by atoms with Gasteiger partial charge in [0.1, 0.15) is 5.75 Å². The highest BCUT2D eigenvalue weighted by atomic mass is 32.2. The normalized spacial score (nSPS) is 18.6. The number of aliphatic hydroxyl groups is 1. The lowest BCUT2D eigenvalue weighted by Gasteiger charge is -2.22. The first kappa shape index (κ1) is 14.2. The van der Waals surface area contributed by atoms with Gasteiger partial charge in [-0.15, -0.1) is 11.8 Å². The van der Waals surface area contributed by atoms with Gasteiger partial charge in [0, 0.05) is 11.4 Å². The second-order valence-corrected chi connectivity index (χ2v) is 5.58. The summed E-state index contributed by atoms with van der Waals surface area (Å²) in [4.78, 5) is 14.9. The highest BCUT2D eigenvalue weighted by Gasteiger charge is 2.27. The number of rotatable bonds is 5. The van der Waals surface area contributed by atoms with Crippen molar-refractivity contribution in [1.29, 1.82) is 0 Å². The Kier molecular flexibility index (Phi) is 5.10. The second-order valence-electron chi connectivity index (χ2n) is 4.53. The lowest BCUT2D eigenvalue weighted by molar-refractivity contribution is -0.129. The van der Waals surface area contributed by atoms with Crippen LogP contribution in [0.5, 0.6) is 5.75 Å². The second kappa shape index (κ2) is 6.82. The lowest BCUT2D eigenvalue weighted by Crippen LogP contribution is -2.38. The Morgan fingerprint density at radius 2 is 2.21 bits per heavy atom. The van der Waals surface area contributed by atoms with Crippen molar-refractivity contribution in [1.82, 2.24) is 4.90 Å². The predicted molar refractivity (Wildman–Crippen MR) is 75.5 cm³/mol. The number of amides is 1. The topological polar surface area (TPSA) is 49.8 Å². The largest absolute Gasteiger partial charge is 0.497 e. The molecule has 1 aliphatic heterocycles. The van der Waals surface area contributed by atoms with Gasteiger partial charge < -0.3 is 14.7 Å². The number of carbonyl (C=O) groups is 1. The van der Waals surface area contributed by atoms with Gasteiger partial charge in [0.05, 0.1) is 25.5 Å². The Morgan fingerprint density at radius 1 is 1.47 bits per heavy atom. The predicted octanol–water partition coefficient (Wildman–Crippen LogP) is 1.77. The third-order valence-electron chi connectivity index (χ3n) is 3.33. The van der Waals surface area contributed by atoms with E-state index in [0.29, 0.717) is 5.75 Å². The number of hydrogen-bond acceptors (Lipinski definition) is 4. The van der Waals surface area contributed by atoms with Crippen LogP contribution in [-0.2, 0) is 4.79 Å². The fourth-order valence-corrected chi connectivity index (χ4v) is 3.04. The lowest BCUT2D eigenvalue weighted by atomic mass is 10.2. The Morgan fingerprint density at radius 3 is 2.84 bits per heavy atom. The molecule has 1 amide bonds. The van der Waals surface area contributed by atoms with Crippen LogP contribution < -0.4 is 4.74 Å². The van der Waals surface area contributed by atoms with E-state index in [1.807, 2.05) is 24.3 Å². The van der Waals surface area contributed by atoms with E-state index in [4.69, 9.17) is 4.74 Å². The minimum Gasteiger partial charge on any atom is -0.497 e. The molecule has 1 saturated heterocycles. The molecule has 1 aromatic carbocycles. The average molecular weight is 281 g/mol. The van der Waals surface area contributed by atoms with Crippen LogP contribution in [0.15, 0.2) is 29.2 Å². The Balaban J connectivity index is 1.85. The maximum atomic E-state index is 12.1. The highest BCUT2D eigenvalue weighted by molar-refractivity contribution is 8.00. The zero-order chi connectivity index (χ0) is 13.7. The summed E-state index contributed by atoms with van der Waals surface area (Å²) in [6, 6.07) is 7.69. The summed E-state index contributed by atoms with van der Waals surface area (Å²) in [5.41, 5.74) is 0. The molecule has 1 aliphatic rings. The standard InChI is InChI=1S/C14H19NO3S/c1-18-12-4-6-13(7-5-12)19-10-14(17)15-8-2-3-11(15)9-16/h4-7,11,16H,2-3,8-10H2,1H3/t11-/m0/s1. The number of benzene rings is 1. The first-order chi connectivity index (χ1) is 9.24. The van der Waals surface area contributed by atoms with Crippen LogP contribution in [0.25, 0.3) is 0 Å². The van der Waals surface area contributed by atoms with Gasteiger partial charge in [0.25, 0.3) is 0 Å². The molecular weight excluding hydrogens is 262 g/mol. The molecule has 104 valence electrons. The fourth-order valence-electron chi connectivity index (χ4n) is 2.25. The van der Waals surface area contributed by atoms with E-state index in [2.05, 4.69) is 0 Å². The molecule has 2 rings (SSSR count). The number of thioether (sulfide) groups is 1. The fraction of sp³-hybridized carbons (Fsp3) is 0.500. The number of nitrogens with zero attached hydrogens (tertiary/aromatic N) is 1. The van der Waals surface area contributed by atoms with E-state index in [1.54, 1.807) is 12.0 Å². The molecule has 0 bridgehead atoms. The monoisotopic (exact) mass is 281 g/mol. The molecule has 0 radical (unpaired) electrons. The van der Waals surface area contributed by atoms with Crippen molar-refractivity contribution in [2.24, 2.45) is 0 Å². The molecule has 0 spiro atoms. The summed E-state index contributed by atoms with van der Waals surface area (Å²) in [6.45, 7) is 0.839. The first-order valence-electron chi connectivity index (χ1n) is 6.41. The zero-order valence-electron chi connectivity index (χ0n) is 11.0. The van der Waals surface area contributed by atoms with Gasteiger partial charge in [-0.05, 0) is 37.1 Å². The summed E-state index contributed by atoms with van der Waals surface area (Å²) in [5, 5.41) is 9.21. The average Bonchev–Trinajstić information content (AvgIpc) is 2.93. The van der Waals surface area contributed by atoms with Gasteiger partial charge in [-0.2, -0.15) is 0 Å². The number of hydrogen-bond donors (Lipinski definition) is 1. The van der Waals surface area contributed by atoms with Crippen molar-refractivity contribution in [3.05, 3.63) is 24.3 Å². The Bertz CT molecular complexity index is 421. The molecule has 1 N–H and O–H groups in total. The molecule has 0 saturated carbocycles. The van der Waals surface area contributed by atoms with Crippen molar-refractivity contribution < 1.29 is 14.6 Å². The van der Waals surface area contributed by atoms with Gasteiger partial charge >= 0.3 is 0 Å². The number of carbonyl (C=O) groups excluding carboxylic acids is 1. The van der Waals surface area contributed by atoms with Crippen LogP contribution in [0.1, 0.15) is 12.8 Å². The van der Waals surface area contributed by atoms with Gasteiger partial charge in [-0.3, -0.25) is 4.79 Å². The van der Waals surface area contributed by atoms with Crippen molar-refractivity contribution in [2.45, 2.75) is 23.8 Å². The van der Waals surface area contributed by atoms with Crippen LogP contribution in [0.4, 0.5) is 0 Å². The molecule has 5 heteroatoms. The molecule has 1 heterocycles. The molecule has 19 heavy (non-hydrogen) atoms. The summed E-state index contributed by atoms with van der Waals surface area (Å²) in [5.74, 6) is 1.34. The van der Waals surface area contributed by atoms with Crippen molar-refractivity contribution in [3.63, 3.8) is 0 Å². The van der Waals surface area contributed by atoms with Crippen LogP contribution in [0.3, 0.4) is 0 Å². The summed E-state index contributed by atoms with van der Waals surface area (Å²) < 4.78 is 5.09. The zero-order valence-corrected chi connectivity index (χ0v) is 11.9. The van der Waals surface area contributed by atoms with Crippen LogP contribution >= 0.6 is 11.8 Å². The molecule has 0 unspecified atom stereocenters. The van der Waals surface area contributed by atoms with Gasteiger partial charge in [0.15, 0.2) is 0 Å². The molecule has 4 nitrogen and oxygen atoms in total. The van der Waals surface area contributed by atoms with Crippen LogP contribution in [0.2, 0.25) is 0 Å². The minimum absolute atomic E-state index is 0.0176. The van der Waals surface area contributed by atoms with E-state index in [-0.39, 0.29) is 18.6 Å². The van der Waals surface area contributed by atoms with E-state index in [9.17, 15) is 9.90 Å². The number of ether oxygens (including phenoxy) is 1. The Hall–Kier alpha value is -1.20. The summed E-state index contributed by atoms with van der Waals surface area (Å²) in [7, 11) is 1.63. The quantitative estimate of drug-likeness (QED) is 0.836. The number of likely N-dealkylation sites (tertiary alicyclic amines) is 1. The van der Waals surface area contributed by atoms with Crippen LogP contribution in [-0.4, -0.2) is 48.0 Å². The van der Waals surface area contributed by atoms with Crippen molar-refractivity contribution >= 4 is 17.7 Å². The van der Waals surface area contributed by atoms with E-state index < -0.39 is 0 Å². The molecule has 0 aliphatic carbocycles. The third-order valence-corrected chi connectivity index (χ3v) is 4.33.